The number of nitrogens with two attached hydrogens (primary N) is 1. The molecule has 0 atom stereocenters. The molecule has 0 saturated heterocycles. The van der Waals surface area contributed by atoms with Gasteiger partial charge in [0.25, 0.3) is 10.0 Å². The van der Waals surface area contributed by atoms with E-state index in [0.29, 0.717) is 0 Å². The molecule has 158 valence electrons. The number of primary sulfonamides is 1. The highest BCUT2D eigenvalue weighted by Gasteiger charge is 2.26. The van der Waals surface area contributed by atoms with Crippen LogP contribution in [0.15, 0.2) is 40.1 Å². The predicted molar refractivity (Wildman–Crippen MR) is 102 cm³/mol. The number of carbonyl (C=O) groups is 1. The lowest BCUT2D eigenvalue weighted by molar-refractivity contribution is 0.256. The molecule has 0 saturated carbocycles. The van der Waals surface area contributed by atoms with Crippen LogP contribution in [0.5, 0.6) is 11.8 Å². The topological polar surface area (TPSA) is 180 Å². The number of sulfonamides is 2. The highest BCUT2D eigenvalue weighted by Crippen LogP contribution is 2.20. The summed E-state index contributed by atoms with van der Waals surface area (Å²) >= 11 is 0. The van der Waals surface area contributed by atoms with Crippen molar-refractivity contribution < 1.29 is 31.1 Å². The Hall–Kier alpha value is -2.97. The standard InChI is InChI=1S/C15H19N5O7S2/c1-3-26-12-9-13(27-4-2)18-14(17-12)19-15(21)20-29(24,25)11-8-6-5-7-10(11)28(16,22)23/h5-9H,3-4H2,1-2H3,(H2,16,22,23)(H2,17,18,19,20,21). The average Bonchev–Trinajstić information content (AvgIpc) is 2.61. The van der Waals surface area contributed by atoms with Crippen LogP contribution in [0.1, 0.15) is 13.8 Å². The number of ether oxygens (including phenoxy) is 2. The smallest absolute Gasteiger partial charge is 0.335 e. The quantitative estimate of drug-likeness (QED) is 0.519. The average molecular weight is 445 g/mol. The summed E-state index contributed by atoms with van der Waals surface area (Å²) in [7, 11) is -8.92. The van der Waals surface area contributed by atoms with Crippen molar-refractivity contribution >= 4 is 32.0 Å². The van der Waals surface area contributed by atoms with Gasteiger partial charge in [-0.15, -0.1) is 0 Å². The highest BCUT2D eigenvalue weighted by molar-refractivity contribution is 7.92. The fourth-order valence-corrected chi connectivity index (χ4v) is 4.40. The molecule has 2 amide bonds. The monoisotopic (exact) mass is 445 g/mol. The molecule has 12 nitrogen and oxygen atoms in total. The second-order valence-corrected chi connectivity index (χ2v) is 8.47. The number of urea groups is 1. The first-order chi connectivity index (χ1) is 13.6. The molecule has 0 bridgehead atoms. The van der Waals surface area contributed by atoms with Crippen LogP contribution >= 0.6 is 0 Å². The summed E-state index contributed by atoms with van der Waals surface area (Å²) in [6.07, 6.45) is 0. The summed E-state index contributed by atoms with van der Waals surface area (Å²) in [5, 5.41) is 7.16. The molecule has 0 spiro atoms. The molecule has 0 unspecified atom stereocenters. The Morgan fingerprint density at radius 2 is 1.52 bits per heavy atom. The van der Waals surface area contributed by atoms with Gasteiger partial charge in [0.1, 0.15) is 9.79 Å². The third kappa shape index (κ3) is 6.00. The summed E-state index contributed by atoms with van der Waals surface area (Å²) in [6, 6.07) is 4.74. The Balaban J connectivity index is 2.27. The zero-order valence-corrected chi connectivity index (χ0v) is 17.1. The van der Waals surface area contributed by atoms with Crippen molar-refractivity contribution in [3.8, 4) is 11.8 Å². The van der Waals surface area contributed by atoms with Crippen LogP contribution < -0.4 is 24.7 Å². The Labute approximate surface area is 167 Å². The minimum Gasteiger partial charge on any atom is -0.478 e. The van der Waals surface area contributed by atoms with Gasteiger partial charge in [0, 0.05) is 0 Å². The molecule has 0 radical (unpaired) electrons. The third-order valence-electron chi connectivity index (χ3n) is 3.16. The lowest BCUT2D eigenvalue weighted by Gasteiger charge is -2.12. The fraction of sp³-hybridized carbons (Fsp3) is 0.267. The molecule has 0 fully saturated rings. The SMILES string of the molecule is CCOc1cc(OCC)nc(NC(=O)NS(=O)(=O)c2ccccc2S(N)(=O)=O)n1. The van der Waals surface area contributed by atoms with E-state index in [1.54, 1.807) is 18.6 Å². The second kappa shape index (κ2) is 9.02. The molecular formula is C15H19N5O7S2. The Morgan fingerprint density at radius 3 is 2.00 bits per heavy atom. The molecule has 2 aromatic rings. The van der Waals surface area contributed by atoms with Gasteiger partial charge in [-0.3, -0.25) is 5.32 Å². The Kier molecular flexibility index (Phi) is 6.94. The first-order valence-electron chi connectivity index (χ1n) is 8.17. The van der Waals surface area contributed by atoms with Crippen LogP contribution in [-0.4, -0.2) is 46.0 Å². The molecule has 1 aromatic carbocycles. The van der Waals surface area contributed by atoms with Gasteiger partial charge in [-0.2, -0.15) is 9.97 Å². The van der Waals surface area contributed by atoms with E-state index >= 15 is 0 Å². The molecule has 1 heterocycles. The van der Waals surface area contributed by atoms with Crippen molar-refractivity contribution in [2.24, 2.45) is 5.14 Å². The minimum absolute atomic E-state index is 0.101. The molecule has 2 rings (SSSR count). The first-order valence-corrected chi connectivity index (χ1v) is 11.2. The Morgan fingerprint density at radius 1 is 1.00 bits per heavy atom. The van der Waals surface area contributed by atoms with Crippen LogP contribution in [0.2, 0.25) is 0 Å². The van der Waals surface area contributed by atoms with Gasteiger partial charge in [0.05, 0.1) is 19.3 Å². The summed E-state index contributed by atoms with van der Waals surface area (Å²) in [5.41, 5.74) is 0. The van der Waals surface area contributed by atoms with Crippen LogP contribution in [-0.2, 0) is 20.0 Å². The van der Waals surface area contributed by atoms with Crippen LogP contribution in [0.4, 0.5) is 10.7 Å². The molecule has 29 heavy (non-hydrogen) atoms. The number of anilines is 1. The van der Waals surface area contributed by atoms with Crippen molar-refractivity contribution in [2.75, 3.05) is 18.5 Å². The zero-order valence-electron chi connectivity index (χ0n) is 15.4. The molecular weight excluding hydrogens is 426 g/mol. The lowest BCUT2D eigenvalue weighted by atomic mass is 10.4. The van der Waals surface area contributed by atoms with E-state index in [-0.39, 0.29) is 30.9 Å². The Bertz CT molecular complexity index is 1080. The van der Waals surface area contributed by atoms with Crippen molar-refractivity contribution in [2.45, 2.75) is 23.6 Å². The van der Waals surface area contributed by atoms with Crippen molar-refractivity contribution in [3.63, 3.8) is 0 Å². The van der Waals surface area contributed by atoms with Crippen LogP contribution in [0, 0.1) is 0 Å². The number of benzene rings is 1. The minimum atomic E-state index is -4.57. The number of hydrogen-bond acceptors (Lipinski definition) is 9. The lowest BCUT2D eigenvalue weighted by Crippen LogP contribution is -2.35. The molecule has 0 aliphatic carbocycles. The van der Waals surface area contributed by atoms with E-state index in [1.165, 1.54) is 18.2 Å². The largest absolute Gasteiger partial charge is 0.478 e. The number of rotatable bonds is 8. The molecule has 1 aromatic heterocycles. The number of amides is 2. The second-order valence-electron chi connectivity index (χ2n) is 5.29. The highest BCUT2D eigenvalue weighted by atomic mass is 32.2. The van der Waals surface area contributed by atoms with Gasteiger partial charge < -0.3 is 9.47 Å². The molecule has 14 heteroatoms. The summed E-state index contributed by atoms with van der Waals surface area (Å²) in [4.78, 5) is 18.6. The van der Waals surface area contributed by atoms with E-state index in [9.17, 15) is 21.6 Å². The molecule has 0 aliphatic heterocycles. The summed E-state index contributed by atoms with van der Waals surface area (Å²) in [6.45, 7) is 4.01. The van der Waals surface area contributed by atoms with Crippen molar-refractivity contribution in [1.82, 2.24) is 14.7 Å². The number of carbonyl (C=O) groups excluding carboxylic acids is 1. The van der Waals surface area contributed by atoms with E-state index in [0.717, 1.165) is 12.1 Å². The van der Waals surface area contributed by atoms with E-state index in [2.05, 4.69) is 15.3 Å². The maximum Gasteiger partial charge on any atom is 0.335 e. The van der Waals surface area contributed by atoms with E-state index in [1.807, 2.05) is 0 Å². The zero-order chi connectivity index (χ0) is 21.7. The predicted octanol–water partition coefficient (Wildman–Crippen LogP) is 0.432. The number of nitrogens with zero attached hydrogens (tertiary/aromatic N) is 2. The van der Waals surface area contributed by atoms with Crippen molar-refractivity contribution in [1.29, 1.82) is 0 Å². The molecule has 4 N–H and O–H groups in total. The normalized spacial score (nSPS) is 11.6. The number of hydrogen-bond donors (Lipinski definition) is 3. The fourth-order valence-electron chi connectivity index (χ4n) is 2.11. The van der Waals surface area contributed by atoms with Crippen LogP contribution in [0.3, 0.4) is 0 Å². The van der Waals surface area contributed by atoms with Gasteiger partial charge in [-0.25, -0.2) is 31.5 Å². The van der Waals surface area contributed by atoms with Gasteiger partial charge in [-0.1, -0.05) is 12.1 Å². The van der Waals surface area contributed by atoms with Crippen LogP contribution in [0.25, 0.3) is 0 Å². The maximum absolute atomic E-state index is 12.5. The van der Waals surface area contributed by atoms with E-state index < -0.39 is 35.9 Å². The number of aromatic nitrogens is 2. The van der Waals surface area contributed by atoms with Gasteiger partial charge in [0.2, 0.25) is 27.7 Å². The van der Waals surface area contributed by atoms with Gasteiger partial charge in [-0.05, 0) is 26.0 Å². The van der Waals surface area contributed by atoms with E-state index in [4.69, 9.17) is 14.6 Å². The van der Waals surface area contributed by atoms with Gasteiger partial charge in [0.15, 0.2) is 0 Å². The van der Waals surface area contributed by atoms with Gasteiger partial charge >= 0.3 is 6.03 Å². The summed E-state index contributed by atoms with van der Waals surface area (Å²) < 4.78 is 60.3. The number of nitrogens with one attached hydrogen (secondary N) is 2. The summed E-state index contributed by atoms with van der Waals surface area (Å²) in [5.74, 6) is -0.0841. The first kappa shape index (κ1) is 22.3. The third-order valence-corrected chi connectivity index (χ3v) is 5.65. The molecule has 0 aliphatic rings. The maximum atomic E-state index is 12.5. The van der Waals surface area contributed by atoms with Crippen molar-refractivity contribution in [3.05, 3.63) is 30.3 Å².